The molecule has 6 heteroatoms. The zero-order chi connectivity index (χ0) is 51.4. The predicted octanol–water partition coefficient (Wildman–Crippen LogP) is 20.4. The van der Waals surface area contributed by atoms with Crippen molar-refractivity contribution in [3.63, 3.8) is 0 Å². The van der Waals surface area contributed by atoms with Crippen LogP contribution in [-0.2, 0) is 14.3 Å². The molecule has 0 bridgehead atoms. The quantitative estimate of drug-likeness (QED) is 0.0320. The van der Waals surface area contributed by atoms with Crippen molar-refractivity contribution < 1.29 is 24.5 Å². The van der Waals surface area contributed by atoms with Crippen LogP contribution in [0.1, 0.15) is 367 Å². The Morgan fingerprint density at radius 3 is 0.958 bits per heavy atom. The summed E-state index contributed by atoms with van der Waals surface area (Å²) in [6.07, 6.45) is 74.0. The lowest BCUT2D eigenvalue weighted by molar-refractivity contribution is -0.143. The lowest BCUT2D eigenvalue weighted by Crippen LogP contribution is -2.45. The highest BCUT2D eigenvalue weighted by Crippen LogP contribution is 2.18. The standard InChI is InChI=1S/C65H127NO5/c1-3-5-7-9-11-13-15-17-19-20-24-27-30-33-37-41-45-49-53-57-63(68)62(61-67)66-64(69)58-54-50-46-42-38-34-31-28-25-22-21-23-26-29-32-36-40-44-48-52-56-60-71-65(70)59-55-51-47-43-39-35-18-16-14-12-10-8-6-4-2/h53,57,62-63,67-68H,3-52,54-56,58-61H2,1-2H3,(H,66,69)/b57-53+. The van der Waals surface area contributed by atoms with Crippen LogP contribution in [0.15, 0.2) is 12.2 Å². The number of nitrogens with one attached hydrogen (secondary N) is 1. The smallest absolute Gasteiger partial charge is 0.305 e. The highest BCUT2D eigenvalue weighted by atomic mass is 16.5. The van der Waals surface area contributed by atoms with Crippen LogP contribution >= 0.6 is 0 Å². The Hall–Kier alpha value is -1.40. The Bertz CT molecular complexity index is 1060. The molecule has 0 rings (SSSR count). The molecule has 0 aromatic heterocycles. The molecule has 0 aromatic rings. The van der Waals surface area contributed by atoms with Crippen LogP contribution < -0.4 is 5.32 Å². The van der Waals surface area contributed by atoms with Crippen molar-refractivity contribution >= 4 is 11.9 Å². The van der Waals surface area contributed by atoms with Gasteiger partial charge in [0.2, 0.25) is 5.91 Å². The normalized spacial score (nSPS) is 12.6. The predicted molar refractivity (Wildman–Crippen MR) is 310 cm³/mol. The molecule has 3 N–H and O–H groups in total. The van der Waals surface area contributed by atoms with Gasteiger partial charge in [-0.1, -0.05) is 334 Å². The summed E-state index contributed by atoms with van der Waals surface area (Å²) < 4.78 is 5.49. The average molecular weight is 1000 g/mol. The molecule has 0 aromatic carbocycles. The van der Waals surface area contributed by atoms with Gasteiger partial charge in [-0.3, -0.25) is 9.59 Å². The molecule has 0 radical (unpaired) electrons. The zero-order valence-electron chi connectivity index (χ0n) is 48.2. The minimum absolute atomic E-state index is 0.0145. The maximum Gasteiger partial charge on any atom is 0.305 e. The molecular formula is C65H127NO5. The molecule has 0 aliphatic carbocycles. The summed E-state index contributed by atoms with van der Waals surface area (Å²) >= 11 is 0. The maximum absolute atomic E-state index is 12.5. The Morgan fingerprint density at radius 2 is 0.648 bits per heavy atom. The first kappa shape index (κ1) is 69.6. The number of allylic oxidation sites excluding steroid dienone is 1. The molecule has 422 valence electrons. The van der Waals surface area contributed by atoms with Crippen LogP contribution in [0.3, 0.4) is 0 Å². The molecule has 0 spiro atoms. The van der Waals surface area contributed by atoms with Gasteiger partial charge in [0.05, 0.1) is 25.4 Å². The number of aliphatic hydroxyl groups is 2. The first-order valence-corrected chi connectivity index (χ1v) is 32.5. The Balaban J connectivity index is 3.40. The van der Waals surface area contributed by atoms with E-state index in [2.05, 4.69) is 19.2 Å². The van der Waals surface area contributed by atoms with Crippen molar-refractivity contribution in [3.05, 3.63) is 12.2 Å². The number of hydrogen-bond donors (Lipinski definition) is 3. The van der Waals surface area contributed by atoms with E-state index in [-0.39, 0.29) is 18.5 Å². The van der Waals surface area contributed by atoms with Crippen molar-refractivity contribution in [1.29, 1.82) is 0 Å². The van der Waals surface area contributed by atoms with Gasteiger partial charge in [0.15, 0.2) is 0 Å². The number of amides is 1. The molecule has 2 atom stereocenters. The van der Waals surface area contributed by atoms with E-state index in [1.807, 2.05) is 6.08 Å². The van der Waals surface area contributed by atoms with Crippen LogP contribution in [0.25, 0.3) is 0 Å². The van der Waals surface area contributed by atoms with Crippen molar-refractivity contribution in [1.82, 2.24) is 5.32 Å². The number of carbonyl (C=O) groups excluding carboxylic acids is 2. The third-order valence-corrected chi connectivity index (χ3v) is 15.3. The summed E-state index contributed by atoms with van der Waals surface area (Å²) in [6.45, 7) is 4.94. The first-order chi connectivity index (χ1) is 35.0. The van der Waals surface area contributed by atoms with Crippen molar-refractivity contribution in [2.75, 3.05) is 13.2 Å². The van der Waals surface area contributed by atoms with Gasteiger partial charge in [-0.15, -0.1) is 0 Å². The van der Waals surface area contributed by atoms with Crippen molar-refractivity contribution in [3.8, 4) is 0 Å². The maximum atomic E-state index is 12.5. The van der Waals surface area contributed by atoms with Crippen molar-refractivity contribution in [2.24, 2.45) is 0 Å². The van der Waals surface area contributed by atoms with Crippen molar-refractivity contribution in [2.45, 2.75) is 379 Å². The lowest BCUT2D eigenvalue weighted by atomic mass is 10.0. The number of esters is 1. The largest absolute Gasteiger partial charge is 0.466 e. The molecule has 0 aliphatic rings. The van der Waals surface area contributed by atoms with Gasteiger partial charge in [-0.2, -0.15) is 0 Å². The Labute approximate surface area is 444 Å². The number of ether oxygens (including phenoxy) is 1. The molecule has 71 heavy (non-hydrogen) atoms. The molecule has 1 amide bonds. The van der Waals surface area contributed by atoms with Gasteiger partial charge in [0, 0.05) is 12.8 Å². The second kappa shape index (κ2) is 61.1. The highest BCUT2D eigenvalue weighted by molar-refractivity contribution is 5.76. The van der Waals surface area contributed by atoms with Crippen LogP contribution in [0.5, 0.6) is 0 Å². The lowest BCUT2D eigenvalue weighted by Gasteiger charge is -2.20. The summed E-state index contributed by atoms with van der Waals surface area (Å²) in [4.78, 5) is 24.6. The van der Waals surface area contributed by atoms with Gasteiger partial charge < -0.3 is 20.3 Å². The van der Waals surface area contributed by atoms with Crippen LogP contribution in [0, 0.1) is 0 Å². The van der Waals surface area contributed by atoms with E-state index in [4.69, 9.17) is 4.74 Å². The SMILES string of the molecule is CCCCCCCCCCCCCCCCCCC/C=C/C(O)C(CO)NC(=O)CCCCCCCCCCCCCCCCCCCCCCCOC(=O)CCCCCCCCCCCCCCCC. The number of rotatable bonds is 61. The second-order valence-electron chi connectivity index (χ2n) is 22.5. The fourth-order valence-corrected chi connectivity index (χ4v) is 10.3. The first-order valence-electron chi connectivity index (χ1n) is 32.5. The minimum Gasteiger partial charge on any atom is -0.466 e. The second-order valence-corrected chi connectivity index (χ2v) is 22.5. The molecule has 0 aliphatic heterocycles. The van der Waals surface area contributed by atoms with Gasteiger partial charge in [0.1, 0.15) is 0 Å². The summed E-state index contributed by atoms with van der Waals surface area (Å²) in [5.74, 6) is -0.0507. The van der Waals surface area contributed by atoms with E-state index in [0.717, 1.165) is 38.5 Å². The fraction of sp³-hybridized carbons (Fsp3) is 0.938. The van der Waals surface area contributed by atoms with Gasteiger partial charge in [-0.25, -0.2) is 0 Å². The Kier molecular flexibility index (Phi) is 59.9. The molecular weight excluding hydrogens is 875 g/mol. The van der Waals surface area contributed by atoms with E-state index in [1.54, 1.807) is 6.08 Å². The summed E-state index contributed by atoms with van der Waals surface area (Å²) in [6, 6.07) is -0.628. The van der Waals surface area contributed by atoms with E-state index < -0.39 is 12.1 Å². The topological polar surface area (TPSA) is 95.9 Å². The molecule has 0 saturated heterocycles. The van der Waals surface area contributed by atoms with Gasteiger partial charge >= 0.3 is 5.97 Å². The highest BCUT2D eigenvalue weighted by Gasteiger charge is 2.18. The third-order valence-electron chi connectivity index (χ3n) is 15.3. The summed E-state index contributed by atoms with van der Waals surface area (Å²) in [5.41, 5.74) is 0. The zero-order valence-corrected chi connectivity index (χ0v) is 48.2. The third kappa shape index (κ3) is 57.7. The summed E-state index contributed by atoms with van der Waals surface area (Å²) in [7, 11) is 0. The molecule has 2 unspecified atom stereocenters. The fourth-order valence-electron chi connectivity index (χ4n) is 10.3. The van der Waals surface area contributed by atoms with Gasteiger partial charge in [-0.05, 0) is 32.1 Å². The van der Waals surface area contributed by atoms with Gasteiger partial charge in [0.25, 0.3) is 0 Å². The van der Waals surface area contributed by atoms with E-state index in [0.29, 0.717) is 19.4 Å². The van der Waals surface area contributed by atoms with E-state index in [9.17, 15) is 19.8 Å². The molecule has 6 nitrogen and oxygen atoms in total. The average Bonchev–Trinajstić information content (AvgIpc) is 3.37. The molecule has 0 fully saturated rings. The molecule has 0 heterocycles. The minimum atomic E-state index is -0.845. The van der Waals surface area contributed by atoms with Crippen LogP contribution in [-0.4, -0.2) is 47.4 Å². The number of unbranched alkanes of at least 4 members (excludes halogenated alkanes) is 50. The number of aliphatic hydroxyl groups excluding tert-OH is 2. The van der Waals surface area contributed by atoms with E-state index in [1.165, 1.54) is 302 Å². The monoisotopic (exact) mass is 1000 g/mol. The van der Waals surface area contributed by atoms with E-state index >= 15 is 0 Å². The van der Waals surface area contributed by atoms with Crippen LogP contribution in [0.4, 0.5) is 0 Å². The summed E-state index contributed by atoms with van der Waals surface area (Å²) in [5, 5.41) is 23.2. The molecule has 0 saturated carbocycles. The van der Waals surface area contributed by atoms with Crippen LogP contribution in [0.2, 0.25) is 0 Å². The Morgan fingerprint density at radius 1 is 0.380 bits per heavy atom. The number of hydrogen-bond acceptors (Lipinski definition) is 5. The number of carbonyl (C=O) groups is 2.